The first kappa shape index (κ1) is 39.6. The van der Waals surface area contributed by atoms with E-state index >= 15 is 0 Å². The van der Waals surface area contributed by atoms with Gasteiger partial charge in [-0.15, -0.1) is 0 Å². The number of fused-ring (bicyclic) bond motifs is 1. The highest BCUT2D eigenvalue weighted by molar-refractivity contribution is 6.04. The summed E-state index contributed by atoms with van der Waals surface area (Å²) in [7, 11) is 0. The number of hydrogen-bond acceptors (Lipinski definition) is 11. The van der Waals surface area contributed by atoms with Gasteiger partial charge in [0.2, 0.25) is 11.8 Å². The molecule has 14 nitrogen and oxygen atoms in total. The summed E-state index contributed by atoms with van der Waals surface area (Å²) >= 11 is 0. The number of rotatable bonds is 11. The molecule has 9 rings (SSSR count). The van der Waals surface area contributed by atoms with Crippen molar-refractivity contribution in [2.45, 2.75) is 63.5 Å². The fraction of sp³-hybridized carbons (Fsp3) is 0.435. The van der Waals surface area contributed by atoms with Crippen molar-refractivity contribution in [1.82, 2.24) is 40.2 Å². The van der Waals surface area contributed by atoms with Crippen LogP contribution in [0, 0.1) is 11.8 Å². The molecule has 4 fully saturated rings. The van der Waals surface area contributed by atoms with Gasteiger partial charge in [-0.2, -0.15) is 5.10 Å². The van der Waals surface area contributed by atoms with E-state index in [-0.39, 0.29) is 24.3 Å². The third-order valence-electron chi connectivity index (χ3n) is 12.8. The van der Waals surface area contributed by atoms with Crippen LogP contribution in [0.25, 0.3) is 22.3 Å². The van der Waals surface area contributed by atoms with Crippen LogP contribution in [0.15, 0.2) is 85.2 Å². The average molecular weight is 811 g/mol. The lowest BCUT2D eigenvalue weighted by molar-refractivity contribution is -0.134. The van der Waals surface area contributed by atoms with Crippen LogP contribution in [-0.4, -0.2) is 106 Å². The largest absolute Gasteiger partial charge is 0.457 e. The Morgan fingerprint density at radius 3 is 2.22 bits per heavy atom. The van der Waals surface area contributed by atoms with E-state index in [1.807, 2.05) is 78.9 Å². The zero-order chi connectivity index (χ0) is 41.0. The molecular weight excluding hydrogens is 757 g/mol. The Kier molecular flexibility index (Phi) is 11.7. The number of nitrogens with one attached hydrogen (secondary N) is 2. The van der Waals surface area contributed by atoms with Crippen LogP contribution in [-0.2, 0) is 9.59 Å². The molecule has 2 atom stereocenters. The quantitative estimate of drug-likeness (QED) is 0.141. The predicted molar refractivity (Wildman–Crippen MR) is 231 cm³/mol. The van der Waals surface area contributed by atoms with Gasteiger partial charge >= 0.3 is 0 Å². The molecule has 3 amide bonds. The first-order chi connectivity index (χ1) is 29.3. The number of imide groups is 1. The summed E-state index contributed by atoms with van der Waals surface area (Å²) in [6.45, 7) is 8.65. The maximum atomic E-state index is 12.8. The highest BCUT2D eigenvalue weighted by atomic mass is 16.5. The molecule has 4 N–H and O–H groups in total. The molecule has 0 bridgehead atoms. The number of carbonyl (C=O) groups is 3. The van der Waals surface area contributed by atoms with Gasteiger partial charge in [0.1, 0.15) is 35.4 Å². The third kappa shape index (κ3) is 8.99. The molecule has 0 radical (unpaired) electrons. The summed E-state index contributed by atoms with van der Waals surface area (Å²) in [6.07, 6.45) is 9.04. The number of hydrogen-bond donors (Lipinski definition) is 3. The first-order valence-electron chi connectivity index (χ1n) is 21.6. The fourth-order valence-electron chi connectivity index (χ4n) is 9.51. The van der Waals surface area contributed by atoms with Crippen molar-refractivity contribution < 1.29 is 19.1 Å². The molecule has 1 unspecified atom stereocenters. The Hall–Kier alpha value is -5.86. The Bertz CT molecular complexity index is 2280. The highest BCUT2D eigenvalue weighted by Gasteiger charge is 2.31. The standard InChI is InChI=1S/C46H54N10O4/c47-43-41-42(33-10-14-38(15-11-33)60-37-6-2-1-3-7-37)52-56(44(41)49-30-48-43)36-5-4-22-54(29-36)28-31-18-23-53(24-19-31)27-32-20-25-55(26-21-32)35-12-8-34(9-13-35)45(58)50-39-16-17-40(57)51-46(39)59/h1-3,6-15,30-32,36,39H,4-5,16-29H2,(H,50,58)(H2,47,48,49)(H,51,57,59)/t36-,39?/m1/s1. The van der Waals surface area contributed by atoms with Gasteiger partial charge in [-0.3, -0.25) is 19.7 Å². The van der Waals surface area contributed by atoms with Crippen LogP contribution in [0.3, 0.4) is 0 Å². The Labute approximate surface area is 350 Å². The molecule has 60 heavy (non-hydrogen) atoms. The van der Waals surface area contributed by atoms with E-state index in [1.165, 1.54) is 12.8 Å². The van der Waals surface area contributed by atoms with Gasteiger partial charge in [0.05, 0.1) is 11.4 Å². The molecule has 4 aliphatic heterocycles. The summed E-state index contributed by atoms with van der Waals surface area (Å²) in [4.78, 5) is 53.1. The summed E-state index contributed by atoms with van der Waals surface area (Å²) in [5.74, 6) is 2.33. The third-order valence-corrected chi connectivity index (χ3v) is 12.8. The molecule has 4 saturated heterocycles. The van der Waals surface area contributed by atoms with Crippen molar-refractivity contribution in [3.8, 4) is 22.8 Å². The first-order valence-corrected chi connectivity index (χ1v) is 21.6. The van der Waals surface area contributed by atoms with Gasteiger partial charge in [-0.05, 0) is 137 Å². The van der Waals surface area contributed by atoms with Crippen molar-refractivity contribution in [1.29, 1.82) is 0 Å². The molecule has 5 aromatic rings. The summed E-state index contributed by atoms with van der Waals surface area (Å²) < 4.78 is 8.14. The van der Waals surface area contributed by atoms with Crippen LogP contribution in [0.5, 0.6) is 11.5 Å². The number of amides is 3. The van der Waals surface area contributed by atoms with Crippen molar-refractivity contribution in [3.05, 3.63) is 90.8 Å². The number of nitrogens with two attached hydrogens (primary N) is 1. The Morgan fingerprint density at radius 1 is 0.783 bits per heavy atom. The van der Waals surface area contributed by atoms with Crippen LogP contribution >= 0.6 is 0 Å². The van der Waals surface area contributed by atoms with Gasteiger partial charge < -0.3 is 30.5 Å². The normalized spacial score (nSPS) is 21.2. The lowest BCUT2D eigenvalue weighted by Gasteiger charge is -2.40. The van der Waals surface area contributed by atoms with Gasteiger partial charge in [-0.1, -0.05) is 18.2 Å². The van der Waals surface area contributed by atoms with E-state index < -0.39 is 11.9 Å². The molecule has 0 spiro atoms. The minimum atomic E-state index is -0.679. The lowest BCUT2D eigenvalue weighted by Crippen LogP contribution is -2.52. The molecular formula is C46H54N10O4. The zero-order valence-corrected chi connectivity index (χ0v) is 34.0. The molecule has 312 valence electrons. The van der Waals surface area contributed by atoms with Gasteiger partial charge in [0.25, 0.3) is 5.91 Å². The number of anilines is 2. The summed E-state index contributed by atoms with van der Waals surface area (Å²) in [6, 6.07) is 24.9. The fourth-order valence-corrected chi connectivity index (χ4v) is 9.51. The van der Waals surface area contributed by atoms with Crippen LogP contribution in [0.4, 0.5) is 11.5 Å². The van der Waals surface area contributed by atoms with Crippen molar-refractivity contribution in [3.63, 3.8) is 0 Å². The Morgan fingerprint density at radius 2 is 1.48 bits per heavy atom. The van der Waals surface area contributed by atoms with E-state index in [1.54, 1.807) is 6.33 Å². The average Bonchev–Trinajstić information content (AvgIpc) is 3.67. The molecule has 4 aliphatic rings. The molecule has 14 heteroatoms. The number of nitrogens with zero attached hydrogens (tertiary/aromatic N) is 7. The molecule has 2 aromatic heterocycles. The van der Waals surface area contributed by atoms with Crippen molar-refractivity contribution >= 4 is 40.3 Å². The zero-order valence-electron chi connectivity index (χ0n) is 34.0. The smallest absolute Gasteiger partial charge is 0.251 e. The lowest BCUT2D eigenvalue weighted by atomic mass is 9.91. The molecule has 6 heterocycles. The molecule has 0 saturated carbocycles. The molecule has 0 aliphatic carbocycles. The number of nitrogen functional groups attached to an aromatic ring is 1. The van der Waals surface area contributed by atoms with Crippen LogP contribution in [0.2, 0.25) is 0 Å². The maximum absolute atomic E-state index is 12.8. The number of ether oxygens (including phenoxy) is 1. The second-order valence-corrected chi connectivity index (χ2v) is 16.9. The number of carbonyl (C=O) groups excluding carboxylic acids is 3. The predicted octanol–water partition coefficient (Wildman–Crippen LogP) is 5.67. The van der Waals surface area contributed by atoms with Crippen molar-refractivity contribution in [2.24, 2.45) is 11.8 Å². The van der Waals surface area contributed by atoms with Gasteiger partial charge in [0, 0.05) is 56.0 Å². The Balaban J connectivity index is 0.739. The van der Waals surface area contributed by atoms with Gasteiger partial charge in [0.15, 0.2) is 5.65 Å². The summed E-state index contributed by atoms with van der Waals surface area (Å²) in [5.41, 5.74) is 10.7. The van der Waals surface area contributed by atoms with Crippen molar-refractivity contribution in [2.75, 3.05) is 63.0 Å². The summed E-state index contributed by atoms with van der Waals surface area (Å²) in [5, 5.41) is 11.0. The number of benzene rings is 3. The second kappa shape index (κ2) is 17.8. The van der Waals surface area contributed by atoms with E-state index in [9.17, 15) is 14.4 Å². The minimum Gasteiger partial charge on any atom is -0.457 e. The van der Waals surface area contributed by atoms with E-state index in [0.29, 0.717) is 29.6 Å². The van der Waals surface area contributed by atoms with E-state index in [2.05, 4.69) is 35.0 Å². The molecule has 3 aromatic carbocycles. The SMILES string of the molecule is Nc1ncnc2c1c(-c1ccc(Oc3ccccc3)cc1)nn2[C@@H]1CCCN(CC2CCN(CC3CCN(c4ccc(C(=O)NC5CCC(=O)NC5=O)cc4)CC3)CC2)C1. The highest BCUT2D eigenvalue weighted by Crippen LogP contribution is 2.35. The monoisotopic (exact) mass is 810 g/mol. The van der Waals surface area contributed by atoms with E-state index in [0.717, 1.165) is 118 Å². The minimum absolute atomic E-state index is 0.207. The second-order valence-electron chi connectivity index (χ2n) is 16.9. The topological polar surface area (TPSA) is 164 Å². The number of piperidine rings is 4. The van der Waals surface area contributed by atoms with E-state index in [4.69, 9.17) is 20.6 Å². The number of likely N-dealkylation sites (tertiary alicyclic amines) is 2. The number of aromatic nitrogens is 4. The van der Waals surface area contributed by atoms with Gasteiger partial charge in [-0.25, -0.2) is 14.6 Å². The maximum Gasteiger partial charge on any atom is 0.251 e. The van der Waals surface area contributed by atoms with Crippen LogP contribution < -0.4 is 26.0 Å². The van der Waals surface area contributed by atoms with Crippen LogP contribution in [0.1, 0.15) is 67.8 Å². The number of para-hydroxylation sites is 1.